The molecule has 3 N–H and O–H groups in total. The van der Waals surface area contributed by atoms with E-state index in [1.54, 1.807) is 12.1 Å². The summed E-state index contributed by atoms with van der Waals surface area (Å²) >= 11 is 3.21. The van der Waals surface area contributed by atoms with E-state index in [1.165, 1.54) is 12.1 Å². The van der Waals surface area contributed by atoms with Gasteiger partial charge in [-0.1, -0.05) is 47.8 Å². The number of rotatable bonds is 8. The zero-order valence-corrected chi connectivity index (χ0v) is 14.4. The van der Waals surface area contributed by atoms with Gasteiger partial charge in [0, 0.05) is 0 Å². The molecule has 5 nitrogen and oxygen atoms in total. The minimum absolute atomic E-state index is 0.0758. The molecule has 1 atom stereocenters. The maximum Gasteiger partial charge on any atom is 0.264 e. The molecule has 118 valence electrons. The molecule has 1 unspecified atom stereocenters. The number of sulfonamides is 1. The van der Waals surface area contributed by atoms with E-state index in [1.807, 2.05) is 6.92 Å². The summed E-state index contributed by atoms with van der Waals surface area (Å²) in [5.41, 5.74) is 6.41. The van der Waals surface area contributed by atoms with Crippen molar-refractivity contribution in [3.05, 3.63) is 29.8 Å². The molecule has 0 saturated heterocycles. The number of amides is 1. The minimum Gasteiger partial charge on any atom is -0.330 e. The fourth-order valence-corrected chi connectivity index (χ4v) is 3.38. The Labute approximate surface area is 134 Å². The molecule has 0 aliphatic heterocycles. The van der Waals surface area contributed by atoms with Crippen LogP contribution < -0.4 is 10.5 Å². The Kier molecular flexibility index (Phi) is 7.34. The lowest BCUT2D eigenvalue weighted by atomic mass is 10.2. The van der Waals surface area contributed by atoms with E-state index in [4.69, 9.17) is 5.73 Å². The van der Waals surface area contributed by atoms with Gasteiger partial charge in [-0.05, 0) is 37.1 Å². The zero-order valence-electron chi connectivity index (χ0n) is 12.0. The van der Waals surface area contributed by atoms with Crippen LogP contribution in [-0.2, 0) is 21.2 Å². The summed E-state index contributed by atoms with van der Waals surface area (Å²) in [6.07, 6.45) is 3.10. The number of nitrogens with one attached hydrogen (secondary N) is 1. The van der Waals surface area contributed by atoms with Gasteiger partial charge < -0.3 is 5.73 Å². The lowest BCUT2D eigenvalue weighted by Gasteiger charge is -2.11. The van der Waals surface area contributed by atoms with E-state index in [9.17, 15) is 13.2 Å². The molecule has 1 aromatic rings. The molecule has 0 aliphatic rings. The Morgan fingerprint density at radius 3 is 2.48 bits per heavy atom. The van der Waals surface area contributed by atoms with Crippen molar-refractivity contribution in [2.75, 3.05) is 6.54 Å². The van der Waals surface area contributed by atoms with Crippen LogP contribution in [-0.4, -0.2) is 25.7 Å². The summed E-state index contributed by atoms with van der Waals surface area (Å²) in [5, 5.41) is 0. The van der Waals surface area contributed by atoms with Crippen molar-refractivity contribution < 1.29 is 13.2 Å². The Bertz CT molecular complexity index is 558. The molecule has 0 spiro atoms. The third-order valence-corrected chi connectivity index (χ3v) is 5.23. The Hall–Kier alpha value is -0.920. The SMILES string of the molecule is CCCCC(Br)C(=O)NS(=O)(=O)c1ccc(CCN)cc1. The van der Waals surface area contributed by atoms with Gasteiger partial charge in [0.15, 0.2) is 0 Å². The first kappa shape index (κ1) is 18.1. The number of halogens is 1. The van der Waals surface area contributed by atoms with Crippen molar-refractivity contribution in [1.29, 1.82) is 0 Å². The van der Waals surface area contributed by atoms with Gasteiger partial charge in [0.1, 0.15) is 0 Å². The van der Waals surface area contributed by atoms with Crippen LogP contribution in [0.25, 0.3) is 0 Å². The molecule has 0 bridgehead atoms. The van der Waals surface area contributed by atoms with Crippen molar-refractivity contribution in [1.82, 2.24) is 4.72 Å². The number of hydrogen-bond acceptors (Lipinski definition) is 4. The molecule has 1 amide bonds. The number of benzene rings is 1. The van der Waals surface area contributed by atoms with Crippen molar-refractivity contribution >= 4 is 31.9 Å². The zero-order chi connectivity index (χ0) is 15.9. The molecular weight excluding hydrogens is 356 g/mol. The van der Waals surface area contributed by atoms with Gasteiger partial charge in [0.25, 0.3) is 10.0 Å². The average molecular weight is 377 g/mol. The molecule has 21 heavy (non-hydrogen) atoms. The van der Waals surface area contributed by atoms with Crippen LogP contribution in [0.4, 0.5) is 0 Å². The molecule has 1 rings (SSSR count). The predicted molar refractivity (Wildman–Crippen MR) is 86.8 cm³/mol. The highest BCUT2D eigenvalue weighted by molar-refractivity contribution is 9.10. The van der Waals surface area contributed by atoms with E-state index in [0.717, 1.165) is 18.4 Å². The molecule has 0 saturated carbocycles. The summed E-state index contributed by atoms with van der Waals surface area (Å²) in [4.78, 5) is 11.4. The molecule has 0 aromatic heterocycles. The highest BCUT2D eigenvalue weighted by Gasteiger charge is 2.22. The van der Waals surface area contributed by atoms with E-state index in [-0.39, 0.29) is 4.90 Å². The maximum atomic E-state index is 12.1. The van der Waals surface area contributed by atoms with Crippen LogP contribution >= 0.6 is 15.9 Å². The van der Waals surface area contributed by atoms with E-state index >= 15 is 0 Å². The molecular formula is C14H21BrN2O3S. The maximum absolute atomic E-state index is 12.1. The molecule has 0 heterocycles. The fraction of sp³-hybridized carbons (Fsp3) is 0.500. The largest absolute Gasteiger partial charge is 0.330 e. The van der Waals surface area contributed by atoms with Gasteiger partial charge in [-0.3, -0.25) is 4.79 Å². The molecule has 0 aliphatic carbocycles. The molecule has 0 fully saturated rings. The first-order valence-electron chi connectivity index (χ1n) is 6.90. The third-order valence-electron chi connectivity index (χ3n) is 3.00. The van der Waals surface area contributed by atoms with Gasteiger partial charge in [-0.15, -0.1) is 0 Å². The van der Waals surface area contributed by atoms with Gasteiger partial charge in [-0.25, -0.2) is 13.1 Å². The quantitative estimate of drug-likeness (QED) is 0.678. The lowest BCUT2D eigenvalue weighted by molar-refractivity contribution is -0.118. The Morgan fingerprint density at radius 2 is 1.95 bits per heavy atom. The number of unbranched alkanes of at least 4 members (excludes halogenated alkanes) is 1. The third kappa shape index (κ3) is 5.76. The highest BCUT2D eigenvalue weighted by atomic mass is 79.9. The van der Waals surface area contributed by atoms with Crippen LogP contribution in [0.15, 0.2) is 29.2 Å². The van der Waals surface area contributed by atoms with E-state index in [0.29, 0.717) is 19.4 Å². The fourth-order valence-electron chi connectivity index (χ4n) is 1.77. The van der Waals surface area contributed by atoms with Crippen molar-refractivity contribution in [3.63, 3.8) is 0 Å². The van der Waals surface area contributed by atoms with Gasteiger partial charge in [0.05, 0.1) is 9.72 Å². The predicted octanol–water partition coefficient (Wildman–Crippen LogP) is 1.95. The standard InChI is InChI=1S/C14H21BrN2O3S/c1-2-3-4-13(15)14(18)17-21(19,20)12-7-5-11(6-8-12)9-10-16/h5-8,13H,2-4,9-10,16H2,1H3,(H,17,18). The Balaban J connectivity index is 2.74. The Morgan fingerprint density at radius 1 is 1.33 bits per heavy atom. The van der Waals surface area contributed by atoms with Crippen LogP contribution in [0.5, 0.6) is 0 Å². The normalized spacial score (nSPS) is 12.9. The number of carbonyl (C=O) groups excluding carboxylic acids is 1. The smallest absolute Gasteiger partial charge is 0.264 e. The lowest BCUT2D eigenvalue weighted by Crippen LogP contribution is -2.36. The monoisotopic (exact) mass is 376 g/mol. The second kappa shape index (κ2) is 8.51. The second-order valence-corrected chi connectivity index (χ2v) is 7.55. The summed E-state index contributed by atoms with van der Waals surface area (Å²) in [7, 11) is -3.82. The van der Waals surface area contributed by atoms with Crippen molar-refractivity contribution in [2.24, 2.45) is 5.73 Å². The number of hydrogen-bond donors (Lipinski definition) is 2. The van der Waals surface area contributed by atoms with Crippen molar-refractivity contribution in [3.8, 4) is 0 Å². The first-order valence-corrected chi connectivity index (χ1v) is 9.30. The van der Waals surface area contributed by atoms with Crippen LogP contribution in [0.2, 0.25) is 0 Å². The molecule has 0 radical (unpaired) electrons. The van der Waals surface area contributed by atoms with Crippen LogP contribution in [0.1, 0.15) is 31.7 Å². The van der Waals surface area contributed by atoms with Gasteiger partial charge >= 0.3 is 0 Å². The summed E-state index contributed by atoms with van der Waals surface area (Å²) in [6.45, 7) is 2.52. The second-order valence-electron chi connectivity index (χ2n) is 4.76. The number of nitrogens with two attached hydrogens (primary N) is 1. The van der Waals surface area contributed by atoms with Crippen LogP contribution in [0, 0.1) is 0 Å². The molecule has 7 heteroatoms. The minimum atomic E-state index is -3.82. The highest BCUT2D eigenvalue weighted by Crippen LogP contribution is 2.14. The first-order chi connectivity index (χ1) is 9.90. The van der Waals surface area contributed by atoms with Crippen molar-refractivity contribution in [2.45, 2.75) is 42.3 Å². The van der Waals surface area contributed by atoms with E-state index in [2.05, 4.69) is 20.7 Å². The number of carbonyl (C=O) groups is 1. The summed E-state index contributed by atoms with van der Waals surface area (Å²) in [6, 6.07) is 6.37. The van der Waals surface area contributed by atoms with Crippen LogP contribution in [0.3, 0.4) is 0 Å². The topological polar surface area (TPSA) is 89.3 Å². The summed E-state index contributed by atoms with van der Waals surface area (Å²) < 4.78 is 26.3. The average Bonchev–Trinajstić information content (AvgIpc) is 2.45. The summed E-state index contributed by atoms with van der Waals surface area (Å²) in [5.74, 6) is -0.533. The van der Waals surface area contributed by atoms with Gasteiger partial charge in [-0.2, -0.15) is 0 Å². The molecule has 1 aromatic carbocycles. The number of alkyl halides is 1. The van der Waals surface area contributed by atoms with E-state index < -0.39 is 20.8 Å². The van der Waals surface area contributed by atoms with Gasteiger partial charge in [0.2, 0.25) is 5.91 Å².